The maximum Gasteiger partial charge on any atom is 0.270 e. The molecule has 52 heavy (non-hydrogen) atoms. The molecule has 3 aromatic carbocycles. The molecule has 0 spiro atoms. The van der Waals surface area contributed by atoms with Crippen LogP contribution in [-0.2, 0) is 4.79 Å². The Hall–Kier alpha value is -5.56. The average Bonchev–Trinajstić information content (AvgIpc) is 3.61. The standard InChI is InChI=1S/C39H41F2N7O4/c1-51-33-9-3-2-7-27(33)29-22-28(25-6-5-15-47(24-25)35(49)13-16-48-17-14-42-44-48)36(41)37-30(29)23-32(43-37)39(50)46-20-18-45(19-21-46)38-31(40)8-4-10-34(38)52-26-11-12-26/h2-4,6-10,14,17,22-23,26,42-44H,5,11-13,15-16,18-21,24H2,1H3. The van der Waals surface area contributed by atoms with Crippen LogP contribution in [0.15, 0.2) is 73.1 Å². The second kappa shape index (κ2) is 14.2. The number of hydrogen-bond donors (Lipinski definition) is 3. The van der Waals surface area contributed by atoms with Crippen molar-refractivity contribution in [3.63, 3.8) is 0 Å². The number of amides is 2. The van der Waals surface area contributed by atoms with Crippen LogP contribution in [0.25, 0.3) is 27.6 Å². The van der Waals surface area contributed by atoms with Crippen molar-refractivity contribution < 1.29 is 27.8 Å². The molecule has 8 rings (SSSR count). The second-order valence-electron chi connectivity index (χ2n) is 13.5. The zero-order chi connectivity index (χ0) is 35.8. The van der Waals surface area contributed by atoms with Gasteiger partial charge in [0.05, 0.1) is 18.7 Å². The van der Waals surface area contributed by atoms with Crippen LogP contribution in [0.3, 0.4) is 0 Å². The Morgan fingerprint density at radius 1 is 0.904 bits per heavy atom. The topological polar surface area (TPSA) is 105 Å². The van der Waals surface area contributed by atoms with Crippen LogP contribution in [0.1, 0.15) is 41.7 Å². The van der Waals surface area contributed by atoms with E-state index in [2.05, 4.69) is 15.9 Å². The molecule has 270 valence electrons. The van der Waals surface area contributed by atoms with E-state index >= 15 is 8.78 Å². The van der Waals surface area contributed by atoms with Gasteiger partial charge in [-0.2, -0.15) is 0 Å². The molecule has 1 aliphatic carbocycles. The van der Waals surface area contributed by atoms with Gasteiger partial charge in [-0.3, -0.25) is 14.6 Å². The Bertz CT molecular complexity index is 2070. The molecule has 0 bridgehead atoms. The summed E-state index contributed by atoms with van der Waals surface area (Å²) in [6.07, 6.45) is 8.50. The third-order valence-corrected chi connectivity index (χ3v) is 10.1. The van der Waals surface area contributed by atoms with Gasteiger partial charge in [-0.15, -0.1) is 5.53 Å². The summed E-state index contributed by atoms with van der Waals surface area (Å²) < 4.78 is 43.5. The summed E-state index contributed by atoms with van der Waals surface area (Å²) in [5.74, 6) is 0.0173. The summed E-state index contributed by atoms with van der Waals surface area (Å²) in [4.78, 5) is 35.8. The number of aromatic amines is 1. The number of hydrazine groups is 2. The number of ether oxygens (including phenoxy) is 2. The number of carbonyl (C=O) groups excluding carboxylic acids is 2. The average molecular weight is 710 g/mol. The van der Waals surface area contributed by atoms with Crippen LogP contribution in [0.5, 0.6) is 11.5 Å². The predicted octanol–water partition coefficient (Wildman–Crippen LogP) is 5.43. The lowest BCUT2D eigenvalue weighted by Crippen LogP contribution is -2.49. The highest BCUT2D eigenvalue weighted by Crippen LogP contribution is 2.41. The summed E-state index contributed by atoms with van der Waals surface area (Å²) in [5.41, 5.74) is 9.21. The molecular weight excluding hydrogens is 668 g/mol. The van der Waals surface area contributed by atoms with Gasteiger partial charge < -0.3 is 34.6 Å². The second-order valence-corrected chi connectivity index (χ2v) is 13.5. The minimum atomic E-state index is -0.488. The number of halogens is 2. The minimum absolute atomic E-state index is 0.0198. The summed E-state index contributed by atoms with van der Waals surface area (Å²) in [6.45, 7) is 2.86. The molecule has 4 heterocycles. The van der Waals surface area contributed by atoms with E-state index in [1.165, 1.54) is 6.07 Å². The van der Waals surface area contributed by atoms with Crippen LogP contribution < -0.4 is 25.3 Å². The molecule has 2 amide bonds. The zero-order valence-corrected chi connectivity index (χ0v) is 29.0. The number of carbonyl (C=O) groups is 2. The highest BCUT2D eigenvalue weighted by Gasteiger charge is 2.31. The summed E-state index contributed by atoms with van der Waals surface area (Å²) in [6, 6.07) is 15.9. The van der Waals surface area contributed by atoms with E-state index in [1.54, 1.807) is 52.4 Å². The van der Waals surface area contributed by atoms with Gasteiger partial charge in [-0.1, -0.05) is 30.3 Å². The SMILES string of the molecule is COc1ccccc1-c1cc(C2=CCCN(C(=O)CCN3C=CNN3)C2)c(F)c2[nH]c(C(=O)N3CCN(c4c(F)cccc4OC4CC4)CC3)cc12. The monoisotopic (exact) mass is 709 g/mol. The smallest absolute Gasteiger partial charge is 0.270 e. The summed E-state index contributed by atoms with van der Waals surface area (Å²) in [5, 5.41) is 2.34. The molecule has 0 atom stereocenters. The third-order valence-electron chi connectivity index (χ3n) is 10.1. The first-order valence-corrected chi connectivity index (χ1v) is 17.8. The molecule has 1 saturated heterocycles. The Labute approximate surface area is 300 Å². The fourth-order valence-electron chi connectivity index (χ4n) is 7.21. The molecular formula is C39H41F2N7O4. The van der Waals surface area contributed by atoms with Gasteiger partial charge in [-0.05, 0) is 60.7 Å². The Morgan fingerprint density at radius 3 is 2.48 bits per heavy atom. The number of piperazine rings is 1. The van der Waals surface area contributed by atoms with Crippen LogP contribution >= 0.6 is 0 Å². The zero-order valence-electron chi connectivity index (χ0n) is 29.0. The Morgan fingerprint density at radius 2 is 1.71 bits per heavy atom. The molecule has 4 aliphatic rings. The molecule has 3 aliphatic heterocycles. The molecule has 3 N–H and O–H groups in total. The number of fused-ring (bicyclic) bond motifs is 1. The number of benzene rings is 3. The first-order valence-electron chi connectivity index (χ1n) is 17.8. The van der Waals surface area contributed by atoms with Gasteiger partial charge in [0.1, 0.15) is 28.7 Å². The normalized spacial score (nSPS) is 17.4. The molecule has 2 fully saturated rings. The van der Waals surface area contributed by atoms with Crippen molar-refractivity contribution in [2.45, 2.75) is 31.8 Å². The molecule has 0 unspecified atom stereocenters. The first kappa shape index (κ1) is 33.6. The number of hydrogen-bond acceptors (Lipinski definition) is 8. The van der Waals surface area contributed by atoms with E-state index in [0.29, 0.717) is 91.4 Å². The summed E-state index contributed by atoms with van der Waals surface area (Å²) >= 11 is 0. The number of aromatic nitrogens is 1. The van der Waals surface area contributed by atoms with Gasteiger partial charge in [-0.25, -0.2) is 8.78 Å². The maximum absolute atomic E-state index is 16.7. The van der Waals surface area contributed by atoms with Crippen molar-refractivity contribution in [1.82, 2.24) is 30.8 Å². The van der Waals surface area contributed by atoms with E-state index in [1.807, 2.05) is 41.4 Å². The first-order chi connectivity index (χ1) is 25.4. The number of anilines is 1. The fourth-order valence-corrected chi connectivity index (χ4v) is 7.21. The number of H-pyrrole nitrogens is 1. The van der Waals surface area contributed by atoms with Crippen LogP contribution in [0.4, 0.5) is 14.5 Å². The largest absolute Gasteiger partial charge is 0.496 e. The molecule has 4 aromatic rings. The van der Waals surface area contributed by atoms with E-state index in [-0.39, 0.29) is 41.5 Å². The molecule has 11 nitrogen and oxygen atoms in total. The lowest BCUT2D eigenvalue weighted by atomic mass is 9.93. The van der Waals surface area contributed by atoms with E-state index in [4.69, 9.17) is 9.47 Å². The predicted molar refractivity (Wildman–Crippen MR) is 194 cm³/mol. The maximum atomic E-state index is 16.7. The van der Waals surface area contributed by atoms with E-state index < -0.39 is 5.82 Å². The van der Waals surface area contributed by atoms with Crippen molar-refractivity contribution in [3.05, 3.63) is 96.0 Å². The fraction of sp³-hybridized carbons (Fsp3) is 0.333. The number of rotatable bonds is 10. The van der Waals surface area contributed by atoms with Crippen LogP contribution in [0, 0.1) is 11.6 Å². The number of nitrogens with zero attached hydrogens (tertiary/aromatic N) is 4. The number of methoxy groups -OCH3 is 1. The lowest BCUT2D eigenvalue weighted by molar-refractivity contribution is -0.131. The number of para-hydroxylation sites is 2. The van der Waals surface area contributed by atoms with E-state index in [9.17, 15) is 9.59 Å². The highest BCUT2D eigenvalue weighted by molar-refractivity contribution is 6.05. The van der Waals surface area contributed by atoms with Crippen molar-refractivity contribution in [2.75, 3.05) is 57.8 Å². The Balaban J connectivity index is 1.07. The van der Waals surface area contributed by atoms with Gasteiger partial charge >= 0.3 is 0 Å². The Kier molecular flexibility index (Phi) is 9.18. The number of nitrogens with one attached hydrogen (secondary N) is 3. The quantitative estimate of drug-likeness (QED) is 0.201. The van der Waals surface area contributed by atoms with Gasteiger partial charge in [0.25, 0.3) is 5.91 Å². The van der Waals surface area contributed by atoms with Crippen LogP contribution in [0.2, 0.25) is 0 Å². The van der Waals surface area contributed by atoms with Gasteiger partial charge in [0.15, 0.2) is 5.82 Å². The van der Waals surface area contributed by atoms with Gasteiger partial charge in [0, 0.05) is 81.1 Å². The molecule has 1 aromatic heterocycles. The highest BCUT2D eigenvalue weighted by atomic mass is 19.1. The van der Waals surface area contributed by atoms with Crippen LogP contribution in [-0.4, -0.2) is 90.6 Å². The van der Waals surface area contributed by atoms with Gasteiger partial charge in [0.2, 0.25) is 5.91 Å². The van der Waals surface area contributed by atoms with E-state index in [0.717, 1.165) is 18.4 Å². The third kappa shape index (κ3) is 6.63. The van der Waals surface area contributed by atoms with Crippen molar-refractivity contribution >= 4 is 34.0 Å². The summed E-state index contributed by atoms with van der Waals surface area (Å²) in [7, 11) is 1.59. The lowest BCUT2D eigenvalue weighted by Gasteiger charge is -2.36. The molecule has 13 heteroatoms. The minimum Gasteiger partial charge on any atom is -0.496 e. The van der Waals surface area contributed by atoms with Crippen molar-refractivity contribution in [2.24, 2.45) is 0 Å². The van der Waals surface area contributed by atoms with Crippen molar-refractivity contribution in [3.8, 4) is 22.6 Å². The molecule has 0 radical (unpaired) electrons. The van der Waals surface area contributed by atoms with Crippen molar-refractivity contribution in [1.29, 1.82) is 0 Å². The molecule has 1 saturated carbocycles.